The minimum absolute atomic E-state index is 0.0181. The highest BCUT2D eigenvalue weighted by Crippen LogP contribution is 2.27. The monoisotopic (exact) mass is 366 g/mol. The first-order valence-electron chi connectivity index (χ1n) is 7.44. The van der Waals surface area contributed by atoms with Crippen LogP contribution in [0.3, 0.4) is 0 Å². The Morgan fingerprint density at radius 1 is 1.16 bits per heavy atom. The second kappa shape index (κ2) is 7.62. The van der Waals surface area contributed by atoms with Crippen LogP contribution < -0.4 is 14.8 Å². The number of rotatable bonds is 6. The Morgan fingerprint density at radius 3 is 2.44 bits per heavy atom. The molecule has 0 bridgehead atoms. The van der Waals surface area contributed by atoms with Crippen LogP contribution >= 0.6 is 0 Å². The molecular weight excluding hydrogens is 347 g/mol. The zero-order valence-corrected chi connectivity index (χ0v) is 14.9. The molecule has 8 heteroatoms. The van der Waals surface area contributed by atoms with Crippen molar-refractivity contribution in [2.24, 2.45) is 0 Å². The van der Waals surface area contributed by atoms with Crippen molar-refractivity contribution in [3.8, 4) is 5.75 Å². The Morgan fingerprint density at radius 2 is 1.80 bits per heavy atom. The zero-order chi connectivity index (χ0) is 18.6. The lowest BCUT2D eigenvalue weighted by atomic mass is 10.1. The van der Waals surface area contributed by atoms with Crippen LogP contribution in [0.25, 0.3) is 0 Å². The van der Waals surface area contributed by atoms with E-state index < -0.39 is 28.3 Å². The van der Waals surface area contributed by atoms with E-state index >= 15 is 0 Å². The zero-order valence-electron chi connectivity index (χ0n) is 14.1. The van der Waals surface area contributed by atoms with E-state index in [1.165, 1.54) is 31.4 Å². The normalized spacial score (nSPS) is 11.2. The van der Waals surface area contributed by atoms with E-state index in [1.807, 2.05) is 6.92 Å². The number of halogens is 1. The van der Waals surface area contributed by atoms with Crippen LogP contribution in [0.4, 0.5) is 10.1 Å². The van der Waals surface area contributed by atoms with Crippen LogP contribution in [0.5, 0.6) is 5.75 Å². The molecular formula is C17H19FN2O4S. The summed E-state index contributed by atoms with van der Waals surface area (Å²) in [7, 11) is -2.60. The van der Waals surface area contributed by atoms with E-state index in [1.54, 1.807) is 19.1 Å². The second-order valence-corrected chi connectivity index (χ2v) is 7.18. The molecule has 0 aromatic heterocycles. The number of methoxy groups -OCH3 is 1. The fraction of sp³-hybridized carbons (Fsp3) is 0.235. The van der Waals surface area contributed by atoms with Crippen molar-refractivity contribution in [1.82, 2.24) is 4.72 Å². The first-order valence-corrected chi connectivity index (χ1v) is 8.92. The van der Waals surface area contributed by atoms with Crippen LogP contribution in [0.1, 0.15) is 11.1 Å². The Bertz CT molecular complexity index is 898. The molecule has 0 spiro atoms. The molecule has 0 saturated carbocycles. The number of benzene rings is 2. The number of amides is 1. The van der Waals surface area contributed by atoms with Gasteiger partial charge in [-0.1, -0.05) is 12.1 Å². The molecule has 0 radical (unpaired) electrons. The molecule has 0 aliphatic rings. The summed E-state index contributed by atoms with van der Waals surface area (Å²) in [5.41, 5.74) is 1.64. The SMILES string of the molecule is COc1cc(C)c(C)cc1S(=O)(=O)NCC(=O)Nc1ccccc1F. The lowest BCUT2D eigenvalue weighted by Crippen LogP contribution is -2.33. The molecule has 2 N–H and O–H groups in total. The number of hydrogen-bond donors (Lipinski definition) is 2. The predicted molar refractivity (Wildman–Crippen MR) is 92.7 cm³/mol. The highest BCUT2D eigenvalue weighted by Gasteiger charge is 2.21. The van der Waals surface area contributed by atoms with Gasteiger partial charge in [-0.3, -0.25) is 4.79 Å². The summed E-state index contributed by atoms with van der Waals surface area (Å²) in [6.45, 7) is 3.08. The number of anilines is 1. The number of carbonyl (C=O) groups is 1. The lowest BCUT2D eigenvalue weighted by molar-refractivity contribution is -0.115. The number of para-hydroxylation sites is 1. The largest absolute Gasteiger partial charge is 0.495 e. The summed E-state index contributed by atoms with van der Waals surface area (Å²) in [4.78, 5) is 11.8. The predicted octanol–water partition coefficient (Wildman–Crippen LogP) is 2.37. The van der Waals surface area contributed by atoms with E-state index in [4.69, 9.17) is 4.74 Å². The average Bonchev–Trinajstić information content (AvgIpc) is 2.57. The second-order valence-electron chi connectivity index (χ2n) is 5.44. The third-order valence-corrected chi connectivity index (χ3v) is 5.06. The van der Waals surface area contributed by atoms with Gasteiger partial charge in [0, 0.05) is 0 Å². The van der Waals surface area contributed by atoms with Crippen molar-refractivity contribution >= 4 is 21.6 Å². The Hall–Kier alpha value is -2.45. The number of sulfonamides is 1. The van der Waals surface area contributed by atoms with E-state index in [-0.39, 0.29) is 16.3 Å². The molecule has 2 aromatic rings. The highest BCUT2D eigenvalue weighted by molar-refractivity contribution is 7.89. The molecule has 0 aliphatic heterocycles. The van der Waals surface area contributed by atoms with E-state index in [0.717, 1.165) is 11.1 Å². The van der Waals surface area contributed by atoms with Gasteiger partial charge >= 0.3 is 0 Å². The summed E-state index contributed by atoms with van der Waals surface area (Å²) < 4.78 is 45.7. The number of ether oxygens (including phenoxy) is 1. The van der Waals surface area contributed by atoms with Crippen LogP contribution in [0.15, 0.2) is 41.3 Å². The molecule has 6 nitrogen and oxygen atoms in total. The first-order chi connectivity index (χ1) is 11.7. The summed E-state index contributed by atoms with van der Waals surface area (Å²) >= 11 is 0. The molecule has 0 saturated heterocycles. The molecule has 2 rings (SSSR count). The van der Waals surface area contributed by atoms with E-state index in [9.17, 15) is 17.6 Å². The van der Waals surface area contributed by atoms with Gasteiger partial charge < -0.3 is 10.1 Å². The third-order valence-electron chi connectivity index (χ3n) is 3.64. The fourth-order valence-corrected chi connectivity index (χ4v) is 3.34. The summed E-state index contributed by atoms with van der Waals surface area (Å²) in [5, 5.41) is 2.31. The highest BCUT2D eigenvalue weighted by atomic mass is 32.2. The molecule has 0 unspecified atom stereocenters. The molecule has 0 aliphatic carbocycles. The Labute approximate surface area is 146 Å². The van der Waals surface area contributed by atoms with E-state index in [2.05, 4.69) is 10.0 Å². The summed E-state index contributed by atoms with van der Waals surface area (Å²) in [5.74, 6) is -1.10. The molecule has 134 valence electrons. The topological polar surface area (TPSA) is 84.5 Å². The molecule has 2 aromatic carbocycles. The third kappa shape index (κ3) is 4.55. The van der Waals surface area contributed by atoms with Crippen molar-refractivity contribution < 1.29 is 22.3 Å². The van der Waals surface area contributed by atoms with Gasteiger partial charge in [0.25, 0.3) is 0 Å². The van der Waals surface area contributed by atoms with Gasteiger partial charge in [0.15, 0.2) is 0 Å². The van der Waals surface area contributed by atoms with Gasteiger partial charge in [0.05, 0.1) is 19.3 Å². The molecule has 0 fully saturated rings. The lowest BCUT2D eigenvalue weighted by Gasteiger charge is -2.13. The Kier molecular flexibility index (Phi) is 5.76. The van der Waals surface area contributed by atoms with Gasteiger partial charge in [-0.15, -0.1) is 0 Å². The maximum Gasteiger partial charge on any atom is 0.244 e. The standard InChI is InChI=1S/C17H19FN2O4S/c1-11-8-15(24-3)16(9-12(11)2)25(22,23)19-10-17(21)20-14-7-5-4-6-13(14)18/h4-9,19H,10H2,1-3H3,(H,20,21). The maximum atomic E-state index is 13.5. The van der Waals surface area contributed by atoms with Gasteiger partial charge in [-0.2, -0.15) is 0 Å². The molecule has 0 heterocycles. The molecule has 0 atom stereocenters. The van der Waals surface area contributed by atoms with Crippen molar-refractivity contribution in [2.75, 3.05) is 19.0 Å². The minimum atomic E-state index is -3.97. The number of hydrogen-bond acceptors (Lipinski definition) is 4. The maximum absolute atomic E-state index is 13.5. The fourth-order valence-electron chi connectivity index (χ4n) is 2.13. The van der Waals surface area contributed by atoms with E-state index in [0.29, 0.717) is 0 Å². The minimum Gasteiger partial charge on any atom is -0.495 e. The average molecular weight is 366 g/mol. The number of carbonyl (C=O) groups excluding carboxylic acids is 1. The number of aryl methyl sites for hydroxylation is 2. The van der Waals surface area contributed by atoms with Crippen LogP contribution in [0.2, 0.25) is 0 Å². The van der Waals surface area contributed by atoms with Gasteiger partial charge in [-0.25, -0.2) is 17.5 Å². The van der Waals surface area contributed by atoms with Crippen LogP contribution in [0, 0.1) is 19.7 Å². The van der Waals surface area contributed by atoms with Gasteiger partial charge in [-0.05, 0) is 49.2 Å². The van der Waals surface area contributed by atoms with Gasteiger partial charge in [0.1, 0.15) is 16.5 Å². The van der Waals surface area contributed by atoms with Crippen molar-refractivity contribution in [1.29, 1.82) is 0 Å². The van der Waals surface area contributed by atoms with Crippen LogP contribution in [-0.4, -0.2) is 28.0 Å². The van der Waals surface area contributed by atoms with Crippen molar-refractivity contribution in [3.05, 3.63) is 53.3 Å². The number of nitrogens with one attached hydrogen (secondary N) is 2. The quantitative estimate of drug-likeness (QED) is 0.822. The van der Waals surface area contributed by atoms with Crippen molar-refractivity contribution in [2.45, 2.75) is 18.7 Å². The van der Waals surface area contributed by atoms with Crippen molar-refractivity contribution in [3.63, 3.8) is 0 Å². The van der Waals surface area contributed by atoms with Gasteiger partial charge in [0.2, 0.25) is 15.9 Å². The van der Waals surface area contributed by atoms with Crippen LogP contribution in [-0.2, 0) is 14.8 Å². The molecule has 1 amide bonds. The smallest absolute Gasteiger partial charge is 0.244 e. The summed E-state index contributed by atoms with van der Waals surface area (Å²) in [6, 6.07) is 8.71. The summed E-state index contributed by atoms with van der Waals surface area (Å²) in [6.07, 6.45) is 0. The molecule has 25 heavy (non-hydrogen) atoms. The first kappa shape index (κ1) is 18.9. The Balaban J connectivity index is 2.13.